The van der Waals surface area contributed by atoms with E-state index in [1.54, 1.807) is 6.92 Å². The Morgan fingerprint density at radius 2 is 1.88 bits per heavy atom. The van der Waals surface area contributed by atoms with Gasteiger partial charge in [0.15, 0.2) is 0 Å². The van der Waals surface area contributed by atoms with Gasteiger partial charge in [0.2, 0.25) is 0 Å². The predicted molar refractivity (Wildman–Crippen MR) is 72.0 cm³/mol. The van der Waals surface area contributed by atoms with E-state index < -0.39 is 0 Å². The molecule has 0 radical (unpaired) electrons. The maximum atomic E-state index is 11.1. The van der Waals surface area contributed by atoms with Crippen LogP contribution in [0.1, 0.15) is 32.8 Å². The van der Waals surface area contributed by atoms with Crippen LogP contribution in [0.3, 0.4) is 0 Å². The van der Waals surface area contributed by atoms with Crippen molar-refractivity contribution in [2.75, 3.05) is 5.75 Å². The van der Waals surface area contributed by atoms with Gasteiger partial charge in [-0.3, -0.25) is 4.79 Å². The Kier molecular flexibility index (Phi) is 5.07. The minimum Gasteiger partial charge on any atom is -0.300 e. The Morgan fingerprint density at radius 1 is 1.25 bits per heavy atom. The van der Waals surface area contributed by atoms with Crippen molar-refractivity contribution in [2.45, 2.75) is 38.4 Å². The molecule has 1 aromatic carbocycles. The maximum absolute atomic E-state index is 11.1. The molecule has 0 saturated carbocycles. The van der Waals surface area contributed by atoms with Gasteiger partial charge in [-0.1, -0.05) is 44.2 Å². The summed E-state index contributed by atoms with van der Waals surface area (Å²) >= 11 is 1.88. The summed E-state index contributed by atoms with van der Waals surface area (Å²) in [5.41, 5.74) is 1.37. The number of thioether (sulfide) groups is 1. The Hall–Kier alpha value is -0.760. The van der Waals surface area contributed by atoms with Crippen molar-refractivity contribution in [2.24, 2.45) is 0 Å². The first-order valence-corrected chi connectivity index (χ1v) is 6.65. The fraction of sp³-hybridized carbons (Fsp3) is 0.500. The SMILES string of the molecule is CC(=O)CC(C)(C)SCCc1ccccc1. The van der Waals surface area contributed by atoms with Crippen molar-refractivity contribution in [3.8, 4) is 0 Å². The van der Waals surface area contributed by atoms with Crippen molar-refractivity contribution in [1.29, 1.82) is 0 Å². The van der Waals surface area contributed by atoms with Crippen molar-refractivity contribution in [1.82, 2.24) is 0 Å². The van der Waals surface area contributed by atoms with Gasteiger partial charge in [0.05, 0.1) is 0 Å². The van der Waals surface area contributed by atoms with Crippen LogP contribution in [0.25, 0.3) is 0 Å². The number of aryl methyl sites for hydroxylation is 1. The number of ketones is 1. The van der Waals surface area contributed by atoms with E-state index in [9.17, 15) is 4.79 Å². The Bertz CT molecular complexity index is 330. The monoisotopic (exact) mass is 236 g/mol. The second-order valence-corrected chi connectivity index (χ2v) is 6.52. The van der Waals surface area contributed by atoms with Crippen LogP contribution < -0.4 is 0 Å². The standard InChI is InChI=1S/C14H20OS/c1-12(15)11-14(2,3)16-10-9-13-7-5-4-6-8-13/h4-8H,9-11H2,1-3H3. The molecule has 16 heavy (non-hydrogen) atoms. The number of hydrogen-bond donors (Lipinski definition) is 0. The maximum Gasteiger partial charge on any atom is 0.131 e. The minimum atomic E-state index is 0.0701. The number of carbonyl (C=O) groups excluding carboxylic acids is 1. The molecule has 0 amide bonds. The molecule has 0 bridgehead atoms. The van der Waals surface area contributed by atoms with E-state index >= 15 is 0 Å². The van der Waals surface area contributed by atoms with E-state index in [1.165, 1.54) is 5.56 Å². The highest BCUT2D eigenvalue weighted by Crippen LogP contribution is 2.28. The van der Waals surface area contributed by atoms with Gasteiger partial charge in [0.25, 0.3) is 0 Å². The lowest BCUT2D eigenvalue weighted by atomic mass is 10.1. The molecule has 88 valence electrons. The molecule has 1 rings (SSSR count). The summed E-state index contributed by atoms with van der Waals surface area (Å²) in [4.78, 5) is 11.1. The van der Waals surface area contributed by atoms with Gasteiger partial charge >= 0.3 is 0 Å². The number of hydrogen-bond acceptors (Lipinski definition) is 2. The lowest BCUT2D eigenvalue weighted by Gasteiger charge is -2.22. The molecule has 0 unspecified atom stereocenters. The third-order valence-corrected chi connectivity index (χ3v) is 3.74. The molecular formula is C14H20OS. The van der Waals surface area contributed by atoms with E-state index in [2.05, 4.69) is 38.1 Å². The first-order valence-electron chi connectivity index (χ1n) is 5.67. The van der Waals surface area contributed by atoms with Gasteiger partial charge in [0.1, 0.15) is 5.78 Å². The second kappa shape index (κ2) is 6.09. The van der Waals surface area contributed by atoms with E-state index in [0.717, 1.165) is 12.2 Å². The van der Waals surface area contributed by atoms with Crippen LogP contribution in [0.4, 0.5) is 0 Å². The highest BCUT2D eigenvalue weighted by molar-refractivity contribution is 8.00. The van der Waals surface area contributed by atoms with E-state index in [0.29, 0.717) is 6.42 Å². The summed E-state index contributed by atoms with van der Waals surface area (Å²) in [6, 6.07) is 10.5. The van der Waals surface area contributed by atoms with Crippen LogP contribution in [0.5, 0.6) is 0 Å². The molecule has 0 aliphatic heterocycles. The number of carbonyl (C=O) groups is 1. The highest BCUT2D eigenvalue weighted by atomic mass is 32.2. The fourth-order valence-electron chi connectivity index (χ4n) is 1.74. The van der Waals surface area contributed by atoms with Crippen molar-refractivity contribution in [3.05, 3.63) is 35.9 Å². The molecule has 0 spiro atoms. The molecule has 0 N–H and O–H groups in total. The Morgan fingerprint density at radius 3 is 2.44 bits per heavy atom. The molecule has 1 nitrogen and oxygen atoms in total. The quantitative estimate of drug-likeness (QED) is 0.749. The number of benzene rings is 1. The molecule has 0 heterocycles. The van der Waals surface area contributed by atoms with Gasteiger partial charge in [-0.25, -0.2) is 0 Å². The molecule has 0 aromatic heterocycles. The number of Topliss-reactive ketones (excluding diaryl/α,β-unsaturated/α-hetero) is 1. The molecule has 2 heteroatoms. The summed E-state index contributed by atoms with van der Waals surface area (Å²) in [6.45, 7) is 5.95. The largest absolute Gasteiger partial charge is 0.300 e. The topological polar surface area (TPSA) is 17.1 Å². The van der Waals surface area contributed by atoms with Crippen LogP contribution in [0, 0.1) is 0 Å². The van der Waals surface area contributed by atoms with Gasteiger partial charge in [-0.15, -0.1) is 0 Å². The molecule has 0 fully saturated rings. The van der Waals surface area contributed by atoms with Crippen LogP contribution >= 0.6 is 11.8 Å². The third-order valence-electron chi connectivity index (χ3n) is 2.40. The lowest BCUT2D eigenvalue weighted by molar-refractivity contribution is -0.117. The summed E-state index contributed by atoms with van der Waals surface area (Å²) in [5, 5.41) is 0. The Balaban J connectivity index is 2.32. The van der Waals surface area contributed by atoms with E-state index in [-0.39, 0.29) is 10.5 Å². The number of rotatable bonds is 6. The first-order chi connectivity index (χ1) is 7.49. The van der Waals surface area contributed by atoms with Gasteiger partial charge < -0.3 is 0 Å². The zero-order valence-corrected chi connectivity index (χ0v) is 11.1. The smallest absolute Gasteiger partial charge is 0.131 e. The van der Waals surface area contributed by atoms with E-state index in [1.807, 2.05) is 17.8 Å². The van der Waals surface area contributed by atoms with E-state index in [4.69, 9.17) is 0 Å². The first kappa shape index (κ1) is 13.3. The van der Waals surface area contributed by atoms with Crippen molar-refractivity contribution < 1.29 is 4.79 Å². The average Bonchev–Trinajstić information content (AvgIpc) is 2.16. The summed E-state index contributed by atoms with van der Waals surface area (Å²) in [5.74, 6) is 1.35. The van der Waals surface area contributed by atoms with Crippen molar-refractivity contribution >= 4 is 17.5 Å². The van der Waals surface area contributed by atoms with Crippen LogP contribution in [-0.4, -0.2) is 16.3 Å². The third kappa shape index (κ3) is 5.36. The van der Waals surface area contributed by atoms with Crippen LogP contribution in [0.15, 0.2) is 30.3 Å². The van der Waals surface area contributed by atoms with Crippen molar-refractivity contribution in [3.63, 3.8) is 0 Å². The molecule has 0 saturated heterocycles. The van der Waals surface area contributed by atoms with Crippen LogP contribution in [0.2, 0.25) is 0 Å². The van der Waals surface area contributed by atoms with Gasteiger partial charge in [-0.05, 0) is 24.7 Å². The molecular weight excluding hydrogens is 216 g/mol. The highest BCUT2D eigenvalue weighted by Gasteiger charge is 2.19. The summed E-state index contributed by atoms with van der Waals surface area (Å²) in [7, 11) is 0. The minimum absolute atomic E-state index is 0.0701. The zero-order valence-electron chi connectivity index (χ0n) is 10.3. The molecule has 0 atom stereocenters. The average molecular weight is 236 g/mol. The van der Waals surface area contributed by atoms with Gasteiger partial charge in [0, 0.05) is 11.2 Å². The second-order valence-electron chi connectivity index (χ2n) is 4.72. The zero-order chi connectivity index (χ0) is 12.0. The fourth-order valence-corrected chi connectivity index (χ4v) is 2.94. The van der Waals surface area contributed by atoms with Gasteiger partial charge in [-0.2, -0.15) is 11.8 Å². The lowest BCUT2D eigenvalue weighted by Crippen LogP contribution is -2.19. The molecule has 0 aliphatic rings. The summed E-state index contributed by atoms with van der Waals surface area (Å²) < 4.78 is 0.0701. The molecule has 0 aliphatic carbocycles. The predicted octanol–water partition coefficient (Wildman–Crippen LogP) is 3.72. The van der Waals surface area contributed by atoms with Crippen LogP contribution in [-0.2, 0) is 11.2 Å². The Labute approximate surface area is 103 Å². The normalized spacial score (nSPS) is 11.4. The molecule has 1 aromatic rings. The summed E-state index contributed by atoms with van der Waals surface area (Å²) in [6.07, 6.45) is 1.74.